The van der Waals surface area contributed by atoms with Gasteiger partial charge in [0.15, 0.2) is 0 Å². The lowest BCUT2D eigenvalue weighted by Crippen LogP contribution is -2.23. The molecule has 0 spiro atoms. The maximum atomic E-state index is 12.0. The van der Waals surface area contributed by atoms with Crippen molar-refractivity contribution in [3.8, 4) is 0 Å². The minimum Gasteiger partial charge on any atom is -0.462 e. The Morgan fingerprint density at radius 1 is 1.33 bits per heavy atom. The van der Waals surface area contributed by atoms with Crippen molar-refractivity contribution in [2.75, 3.05) is 6.61 Å². The maximum Gasteiger partial charge on any atom is 0.343 e. The lowest BCUT2D eigenvalue weighted by atomic mass is 10.2. The number of fused-ring (bicyclic) bond motifs is 1. The summed E-state index contributed by atoms with van der Waals surface area (Å²) in [7, 11) is 0. The second-order valence-electron chi connectivity index (χ2n) is 3.55. The number of pyridine rings is 2. The smallest absolute Gasteiger partial charge is 0.343 e. The summed E-state index contributed by atoms with van der Waals surface area (Å²) in [6.07, 6.45) is 1.29. The molecule has 6 nitrogen and oxygen atoms in total. The van der Waals surface area contributed by atoms with E-state index in [4.69, 9.17) is 4.74 Å². The summed E-state index contributed by atoms with van der Waals surface area (Å²) in [5.41, 5.74) is 0.0832. The van der Waals surface area contributed by atoms with Crippen molar-refractivity contribution in [3.05, 3.63) is 51.3 Å². The Balaban J connectivity index is 2.65. The van der Waals surface area contributed by atoms with Crippen LogP contribution in [0.1, 0.15) is 17.3 Å². The summed E-state index contributed by atoms with van der Waals surface area (Å²) in [6.45, 7) is 1.85. The van der Waals surface area contributed by atoms with Gasteiger partial charge in [-0.3, -0.25) is 9.20 Å². The number of hydrogen-bond donors (Lipinski definition) is 0. The highest BCUT2D eigenvalue weighted by molar-refractivity contribution is 5.89. The van der Waals surface area contributed by atoms with Crippen molar-refractivity contribution in [1.29, 1.82) is 0 Å². The number of aromatic nitrogens is 1. The Morgan fingerprint density at radius 3 is 2.72 bits per heavy atom. The molecule has 0 aliphatic carbocycles. The molecule has 18 heavy (non-hydrogen) atoms. The van der Waals surface area contributed by atoms with Crippen LogP contribution in [-0.4, -0.2) is 17.0 Å². The molecule has 0 unspecified atom stereocenters. The highest BCUT2D eigenvalue weighted by Gasteiger charge is 2.13. The quantitative estimate of drug-likeness (QED) is 0.611. The van der Waals surface area contributed by atoms with Gasteiger partial charge in [0, 0.05) is 11.7 Å². The number of hydrogen-bond acceptors (Lipinski definition) is 5. The summed E-state index contributed by atoms with van der Waals surface area (Å²) in [5.74, 6) is -0.679. The molecular weight excluding hydrogens is 236 g/mol. The van der Waals surface area contributed by atoms with Crippen molar-refractivity contribution in [2.45, 2.75) is 6.92 Å². The third-order valence-corrected chi connectivity index (χ3v) is 2.44. The van der Waals surface area contributed by atoms with E-state index in [1.807, 2.05) is 0 Å². The molecule has 0 aliphatic rings. The van der Waals surface area contributed by atoms with Crippen molar-refractivity contribution < 1.29 is 9.53 Å². The third kappa shape index (κ3) is 2.00. The Morgan fingerprint density at radius 2 is 2.06 bits per heavy atom. The number of carbonyl (C=O) groups is 1. The minimum absolute atomic E-state index is 0.0719. The van der Waals surface area contributed by atoms with Crippen LogP contribution in [0.3, 0.4) is 0 Å². The molecule has 2 heterocycles. The number of ether oxygens (including phenoxy) is 1. The fourth-order valence-electron chi connectivity index (χ4n) is 1.60. The minimum atomic E-state index is -0.679. The van der Waals surface area contributed by atoms with E-state index in [9.17, 15) is 14.5 Å². The van der Waals surface area contributed by atoms with E-state index in [0.29, 0.717) is 5.52 Å². The average molecular weight is 246 g/mol. The number of esters is 1. The second kappa shape index (κ2) is 4.79. The highest BCUT2D eigenvalue weighted by atomic mass is 16.5. The van der Waals surface area contributed by atoms with Crippen LogP contribution in [0.5, 0.6) is 0 Å². The lowest BCUT2D eigenvalue weighted by molar-refractivity contribution is 0.0524. The van der Waals surface area contributed by atoms with Gasteiger partial charge in [-0.25, -0.2) is 4.79 Å². The maximum absolute atomic E-state index is 12.0. The van der Waals surface area contributed by atoms with Gasteiger partial charge in [0.05, 0.1) is 6.61 Å². The molecule has 2 aromatic rings. The van der Waals surface area contributed by atoms with Crippen LogP contribution in [-0.2, 0) is 4.74 Å². The first-order valence-electron chi connectivity index (χ1n) is 5.33. The Hall–Kier alpha value is -2.50. The largest absolute Gasteiger partial charge is 0.462 e. The van der Waals surface area contributed by atoms with Gasteiger partial charge in [-0.1, -0.05) is 0 Å². The number of carbonyl (C=O) groups excluding carboxylic acids is 1. The first-order valence-corrected chi connectivity index (χ1v) is 5.33. The predicted octanol–water partition coefficient (Wildman–Crippen LogP) is 1.87. The van der Waals surface area contributed by atoms with E-state index < -0.39 is 11.5 Å². The van der Waals surface area contributed by atoms with Crippen LogP contribution in [0.25, 0.3) is 5.52 Å². The van der Waals surface area contributed by atoms with E-state index in [2.05, 4.69) is 5.18 Å². The van der Waals surface area contributed by atoms with Crippen LogP contribution in [0.2, 0.25) is 0 Å². The fourth-order valence-corrected chi connectivity index (χ4v) is 1.60. The van der Waals surface area contributed by atoms with Gasteiger partial charge in [-0.2, -0.15) is 0 Å². The first-order chi connectivity index (χ1) is 8.67. The predicted molar refractivity (Wildman–Crippen MR) is 65.1 cm³/mol. The van der Waals surface area contributed by atoms with Gasteiger partial charge >= 0.3 is 5.97 Å². The van der Waals surface area contributed by atoms with Gasteiger partial charge in [0.2, 0.25) is 0 Å². The standard InChI is InChI=1S/C12H10N2O4/c1-2-18-12(16)10-6-5-9-4-3-8(13-17)7-14(9)11(10)15/h3-7H,2H2,1H3. The molecule has 0 radical (unpaired) electrons. The third-order valence-electron chi connectivity index (χ3n) is 2.44. The zero-order valence-corrected chi connectivity index (χ0v) is 9.62. The molecular formula is C12H10N2O4. The van der Waals surface area contributed by atoms with Crippen molar-refractivity contribution >= 4 is 17.2 Å². The summed E-state index contributed by atoms with van der Waals surface area (Å²) in [6, 6.07) is 6.07. The monoisotopic (exact) mass is 246 g/mol. The van der Waals surface area contributed by atoms with Gasteiger partial charge in [-0.15, -0.1) is 4.91 Å². The van der Waals surface area contributed by atoms with Gasteiger partial charge in [0.25, 0.3) is 5.56 Å². The molecule has 0 amide bonds. The Labute approximate surface area is 102 Å². The van der Waals surface area contributed by atoms with Gasteiger partial charge in [-0.05, 0) is 36.4 Å². The summed E-state index contributed by atoms with van der Waals surface area (Å²) < 4.78 is 5.97. The molecule has 0 N–H and O–H groups in total. The second-order valence-corrected chi connectivity index (χ2v) is 3.55. The fraction of sp³-hybridized carbons (Fsp3) is 0.167. The molecule has 0 atom stereocenters. The molecule has 2 rings (SSSR count). The molecule has 0 fully saturated rings. The number of nitrogens with zero attached hydrogens (tertiary/aromatic N) is 2. The Kier molecular flexibility index (Phi) is 3.18. The summed E-state index contributed by atoms with van der Waals surface area (Å²) in [5, 5.41) is 2.75. The average Bonchev–Trinajstić information content (AvgIpc) is 2.39. The highest BCUT2D eigenvalue weighted by Crippen LogP contribution is 2.12. The first kappa shape index (κ1) is 12.0. The number of nitroso groups, excluding NO2 is 1. The van der Waals surface area contributed by atoms with Crippen molar-refractivity contribution in [1.82, 2.24) is 4.40 Å². The number of rotatable bonds is 3. The van der Waals surface area contributed by atoms with Crippen LogP contribution in [0, 0.1) is 4.91 Å². The van der Waals surface area contributed by atoms with Crippen molar-refractivity contribution in [3.63, 3.8) is 0 Å². The lowest BCUT2D eigenvalue weighted by Gasteiger charge is -2.04. The topological polar surface area (TPSA) is 77.2 Å². The zero-order chi connectivity index (χ0) is 13.1. The van der Waals surface area contributed by atoms with Crippen LogP contribution >= 0.6 is 0 Å². The molecule has 0 saturated carbocycles. The Bertz CT molecular complexity index is 675. The van der Waals surface area contributed by atoms with Crippen molar-refractivity contribution in [2.24, 2.45) is 5.18 Å². The molecule has 0 saturated heterocycles. The van der Waals surface area contributed by atoms with E-state index in [0.717, 1.165) is 0 Å². The molecule has 6 heteroatoms. The SMILES string of the molecule is CCOC(=O)c1ccc2ccc(N=O)cn2c1=O. The van der Waals surface area contributed by atoms with Gasteiger partial charge < -0.3 is 4.74 Å². The molecule has 0 aliphatic heterocycles. The molecule has 2 aromatic heterocycles. The zero-order valence-electron chi connectivity index (χ0n) is 9.62. The van der Waals surface area contributed by atoms with Crippen LogP contribution < -0.4 is 5.56 Å². The normalized spacial score (nSPS) is 10.3. The molecule has 92 valence electrons. The van der Waals surface area contributed by atoms with Gasteiger partial charge in [0.1, 0.15) is 11.3 Å². The van der Waals surface area contributed by atoms with E-state index in [-0.39, 0.29) is 17.9 Å². The van der Waals surface area contributed by atoms with Crippen LogP contribution in [0.15, 0.2) is 40.4 Å². The molecule has 0 aromatic carbocycles. The van der Waals surface area contributed by atoms with E-state index >= 15 is 0 Å². The van der Waals surface area contributed by atoms with Crippen LogP contribution in [0.4, 0.5) is 5.69 Å². The van der Waals surface area contributed by atoms with E-state index in [1.165, 1.54) is 22.7 Å². The summed E-state index contributed by atoms with van der Waals surface area (Å²) >= 11 is 0. The van der Waals surface area contributed by atoms with E-state index in [1.54, 1.807) is 19.1 Å². The molecule has 0 bridgehead atoms. The summed E-state index contributed by atoms with van der Waals surface area (Å²) in [4.78, 5) is 34.0.